The molecule has 0 fully saturated rings. The van der Waals surface area contributed by atoms with Crippen LogP contribution < -0.4 is 10.5 Å². The zero-order chi connectivity index (χ0) is 13.0. The normalized spacial score (nSPS) is 12.4. The highest BCUT2D eigenvalue weighted by atomic mass is 35.5. The highest BCUT2D eigenvalue weighted by Gasteiger charge is 2.14. The van der Waals surface area contributed by atoms with Gasteiger partial charge in [0.05, 0.1) is 17.7 Å². The molecule has 0 saturated carbocycles. The number of halogens is 1. The second-order valence-electron chi connectivity index (χ2n) is 4.03. The van der Waals surface area contributed by atoms with Crippen molar-refractivity contribution in [2.75, 3.05) is 6.61 Å². The molecule has 2 aromatic rings. The molecule has 0 aliphatic carbocycles. The van der Waals surface area contributed by atoms with Crippen molar-refractivity contribution in [2.24, 2.45) is 5.73 Å². The lowest BCUT2D eigenvalue weighted by Crippen LogP contribution is -2.10. The van der Waals surface area contributed by atoms with E-state index in [4.69, 9.17) is 22.1 Å². The average Bonchev–Trinajstić information content (AvgIpc) is 2.82. The lowest BCUT2D eigenvalue weighted by atomic mass is 10.1. The van der Waals surface area contributed by atoms with Gasteiger partial charge in [0.15, 0.2) is 0 Å². The van der Waals surface area contributed by atoms with Gasteiger partial charge in [0.1, 0.15) is 5.75 Å². The van der Waals surface area contributed by atoms with Gasteiger partial charge in [-0.25, -0.2) is 0 Å². The molecule has 0 bridgehead atoms. The second-order valence-corrected chi connectivity index (χ2v) is 5.39. The van der Waals surface area contributed by atoms with E-state index in [9.17, 15) is 0 Å². The molecule has 1 unspecified atom stereocenters. The van der Waals surface area contributed by atoms with E-state index in [0.29, 0.717) is 0 Å². The summed E-state index contributed by atoms with van der Waals surface area (Å²) in [7, 11) is 0. The van der Waals surface area contributed by atoms with Crippen LogP contribution in [0.15, 0.2) is 35.7 Å². The first-order valence-electron chi connectivity index (χ1n) is 5.93. The molecule has 0 radical (unpaired) electrons. The molecule has 0 saturated heterocycles. The van der Waals surface area contributed by atoms with Gasteiger partial charge in [-0.2, -0.15) is 0 Å². The Bertz CT molecular complexity index is 512. The summed E-state index contributed by atoms with van der Waals surface area (Å²) in [5.41, 5.74) is 7.25. The van der Waals surface area contributed by atoms with Crippen molar-refractivity contribution < 1.29 is 4.74 Å². The van der Waals surface area contributed by atoms with Crippen LogP contribution >= 0.6 is 22.9 Å². The number of rotatable bonds is 5. The molecule has 1 aromatic carbocycles. The van der Waals surface area contributed by atoms with Gasteiger partial charge in [0.25, 0.3) is 0 Å². The van der Waals surface area contributed by atoms with Crippen LogP contribution in [0.1, 0.15) is 29.8 Å². The van der Waals surface area contributed by atoms with Crippen LogP contribution in [0.3, 0.4) is 0 Å². The minimum Gasteiger partial charge on any atom is -0.494 e. The molecule has 1 aromatic heterocycles. The highest BCUT2D eigenvalue weighted by molar-refractivity contribution is 7.10. The third-order valence-corrected chi connectivity index (χ3v) is 4.06. The SMILES string of the molecule is CCCOc1cccc(C(N)c2sccc2Cl)c1. The summed E-state index contributed by atoms with van der Waals surface area (Å²) in [6, 6.07) is 9.57. The Balaban J connectivity index is 2.20. The largest absolute Gasteiger partial charge is 0.494 e. The van der Waals surface area contributed by atoms with E-state index in [-0.39, 0.29) is 6.04 Å². The summed E-state index contributed by atoms with van der Waals surface area (Å²) in [4.78, 5) is 0.990. The van der Waals surface area contributed by atoms with Gasteiger partial charge in [0, 0.05) is 4.88 Å². The number of nitrogens with two attached hydrogens (primary N) is 1. The van der Waals surface area contributed by atoms with E-state index in [0.717, 1.165) is 34.2 Å². The topological polar surface area (TPSA) is 35.2 Å². The minimum atomic E-state index is -0.192. The number of hydrogen-bond acceptors (Lipinski definition) is 3. The van der Waals surface area contributed by atoms with Gasteiger partial charge in [-0.15, -0.1) is 11.3 Å². The van der Waals surface area contributed by atoms with Crippen molar-refractivity contribution >= 4 is 22.9 Å². The number of ether oxygens (including phenoxy) is 1. The van der Waals surface area contributed by atoms with Crippen LogP contribution in [0.4, 0.5) is 0 Å². The Kier molecular flexibility index (Phi) is 4.64. The summed E-state index contributed by atoms with van der Waals surface area (Å²) in [5, 5.41) is 2.68. The third-order valence-electron chi connectivity index (χ3n) is 2.62. The zero-order valence-electron chi connectivity index (χ0n) is 10.2. The average molecular weight is 282 g/mol. The van der Waals surface area contributed by atoms with Crippen molar-refractivity contribution in [1.82, 2.24) is 0 Å². The Morgan fingerprint density at radius 3 is 2.89 bits per heavy atom. The summed E-state index contributed by atoms with van der Waals surface area (Å²) < 4.78 is 5.61. The monoisotopic (exact) mass is 281 g/mol. The number of benzene rings is 1. The van der Waals surface area contributed by atoms with Crippen molar-refractivity contribution in [3.05, 3.63) is 51.2 Å². The van der Waals surface area contributed by atoms with Crippen molar-refractivity contribution in [3.8, 4) is 5.75 Å². The molecule has 1 atom stereocenters. The molecule has 0 aliphatic rings. The van der Waals surface area contributed by atoms with Gasteiger partial charge in [-0.05, 0) is 35.6 Å². The Morgan fingerprint density at radius 1 is 1.39 bits per heavy atom. The van der Waals surface area contributed by atoms with Gasteiger partial charge in [-0.3, -0.25) is 0 Å². The molecule has 2 N–H and O–H groups in total. The highest BCUT2D eigenvalue weighted by Crippen LogP contribution is 2.32. The molecular weight excluding hydrogens is 266 g/mol. The lowest BCUT2D eigenvalue weighted by molar-refractivity contribution is 0.317. The second kappa shape index (κ2) is 6.23. The first-order valence-corrected chi connectivity index (χ1v) is 7.19. The fourth-order valence-corrected chi connectivity index (χ4v) is 2.90. The minimum absolute atomic E-state index is 0.192. The maximum Gasteiger partial charge on any atom is 0.119 e. The van der Waals surface area contributed by atoms with Crippen molar-refractivity contribution in [3.63, 3.8) is 0 Å². The van der Waals surface area contributed by atoms with E-state index >= 15 is 0 Å². The van der Waals surface area contributed by atoms with Crippen LogP contribution in [-0.4, -0.2) is 6.61 Å². The molecule has 2 rings (SSSR count). The Labute approximate surface area is 116 Å². The Hall–Kier alpha value is -1.03. The van der Waals surface area contributed by atoms with Crippen LogP contribution in [0.25, 0.3) is 0 Å². The maximum absolute atomic E-state index is 6.23. The predicted molar refractivity (Wildman–Crippen MR) is 77.6 cm³/mol. The summed E-state index contributed by atoms with van der Waals surface area (Å²) in [6.07, 6.45) is 0.993. The van der Waals surface area contributed by atoms with Crippen molar-refractivity contribution in [2.45, 2.75) is 19.4 Å². The Morgan fingerprint density at radius 2 is 2.22 bits per heavy atom. The molecular formula is C14H16ClNOS. The molecule has 18 heavy (non-hydrogen) atoms. The molecule has 0 aliphatic heterocycles. The third kappa shape index (κ3) is 3.05. The van der Waals surface area contributed by atoms with E-state index in [2.05, 4.69) is 6.92 Å². The first-order chi connectivity index (χ1) is 8.72. The van der Waals surface area contributed by atoms with Crippen LogP contribution in [0, 0.1) is 0 Å². The number of hydrogen-bond donors (Lipinski definition) is 1. The summed E-state index contributed by atoms with van der Waals surface area (Å²) in [6.45, 7) is 2.81. The molecule has 0 spiro atoms. The van der Waals surface area contributed by atoms with Gasteiger partial charge in [-0.1, -0.05) is 30.7 Å². The van der Waals surface area contributed by atoms with E-state index in [1.807, 2.05) is 35.7 Å². The van der Waals surface area contributed by atoms with Crippen LogP contribution in [0.2, 0.25) is 5.02 Å². The molecule has 4 heteroatoms. The lowest BCUT2D eigenvalue weighted by Gasteiger charge is -2.13. The molecule has 96 valence electrons. The van der Waals surface area contributed by atoms with Gasteiger partial charge < -0.3 is 10.5 Å². The fourth-order valence-electron chi connectivity index (χ4n) is 1.70. The summed E-state index contributed by atoms with van der Waals surface area (Å²) in [5.74, 6) is 0.859. The fraction of sp³-hybridized carbons (Fsp3) is 0.286. The summed E-state index contributed by atoms with van der Waals surface area (Å²) >= 11 is 7.69. The van der Waals surface area contributed by atoms with Gasteiger partial charge in [0.2, 0.25) is 0 Å². The van der Waals surface area contributed by atoms with E-state index in [1.54, 1.807) is 11.3 Å². The smallest absolute Gasteiger partial charge is 0.119 e. The van der Waals surface area contributed by atoms with Gasteiger partial charge >= 0.3 is 0 Å². The van der Waals surface area contributed by atoms with E-state index in [1.165, 1.54) is 0 Å². The van der Waals surface area contributed by atoms with E-state index < -0.39 is 0 Å². The maximum atomic E-state index is 6.23. The first kappa shape index (κ1) is 13.4. The molecule has 1 heterocycles. The zero-order valence-corrected chi connectivity index (χ0v) is 11.8. The van der Waals surface area contributed by atoms with Crippen LogP contribution in [-0.2, 0) is 0 Å². The molecule has 0 amide bonds. The van der Waals surface area contributed by atoms with Crippen molar-refractivity contribution in [1.29, 1.82) is 0 Å². The number of thiophene rings is 1. The standard InChI is InChI=1S/C14H16ClNOS/c1-2-7-17-11-5-3-4-10(9-11)13(16)14-12(15)6-8-18-14/h3-6,8-9,13H,2,7,16H2,1H3. The molecule has 2 nitrogen and oxygen atoms in total. The predicted octanol–water partition coefficient (Wildman–Crippen LogP) is 4.24. The van der Waals surface area contributed by atoms with Crippen LogP contribution in [0.5, 0.6) is 5.75 Å². The quantitative estimate of drug-likeness (QED) is 0.890.